The first kappa shape index (κ1) is 13.8. The average Bonchev–Trinajstić information content (AvgIpc) is 3.06. The molecule has 7 heteroatoms. The fraction of sp³-hybridized carbons (Fsp3) is 0.500. The van der Waals surface area contributed by atoms with Crippen LogP contribution in [0.1, 0.15) is 40.8 Å². The van der Waals surface area contributed by atoms with Gasteiger partial charge in [-0.3, -0.25) is 4.79 Å². The van der Waals surface area contributed by atoms with Crippen molar-refractivity contribution in [3.05, 3.63) is 35.2 Å². The largest absolute Gasteiger partial charge is 0.365 e. The minimum absolute atomic E-state index is 0.00913. The number of amides is 1. The molecule has 1 aliphatic heterocycles. The number of carbonyl (C=O) groups excluding carboxylic acids is 1. The molecular formula is C14H18N4O3. The van der Waals surface area contributed by atoms with Crippen molar-refractivity contribution >= 4 is 5.91 Å². The maximum atomic E-state index is 12.6. The summed E-state index contributed by atoms with van der Waals surface area (Å²) in [5.41, 5.74) is 1.55. The second kappa shape index (κ2) is 5.33. The summed E-state index contributed by atoms with van der Waals surface area (Å²) < 4.78 is 11.0. The van der Waals surface area contributed by atoms with Crippen LogP contribution in [0.15, 0.2) is 16.8 Å². The first-order valence-corrected chi connectivity index (χ1v) is 6.93. The molecule has 2 atom stereocenters. The number of H-pyrrole nitrogens is 1. The molecule has 1 saturated heterocycles. The van der Waals surface area contributed by atoms with Gasteiger partial charge in [-0.25, -0.2) is 0 Å². The zero-order valence-electron chi connectivity index (χ0n) is 12.3. The van der Waals surface area contributed by atoms with Crippen molar-refractivity contribution < 1.29 is 14.1 Å². The number of aryl methyl sites for hydroxylation is 2. The number of aromatic amines is 1. The maximum absolute atomic E-state index is 12.6. The van der Waals surface area contributed by atoms with Crippen molar-refractivity contribution in [1.29, 1.82) is 0 Å². The van der Waals surface area contributed by atoms with Crippen molar-refractivity contribution in [2.75, 3.05) is 13.1 Å². The molecule has 2 aromatic rings. The lowest BCUT2D eigenvalue weighted by Gasteiger charge is -2.35. The van der Waals surface area contributed by atoms with Gasteiger partial charge in [0.15, 0.2) is 11.9 Å². The maximum Gasteiger partial charge on any atom is 0.257 e. The van der Waals surface area contributed by atoms with Gasteiger partial charge in [0.2, 0.25) is 0 Å². The molecule has 0 spiro atoms. The molecular weight excluding hydrogens is 272 g/mol. The SMILES string of the molecule is Cc1noc([C@H]2CN(C(=O)c3cc[nH]c3C)C[C@@H](C)O2)n1. The number of hydrogen-bond acceptors (Lipinski definition) is 5. The van der Waals surface area contributed by atoms with Crippen LogP contribution in [0.25, 0.3) is 0 Å². The third-order valence-corrected chi connectivity index (χ3v) is 3.55. The van der Waals surface area contributed by atoms with E-state index < -0.39 is 0 Å². The number of rotatable bonds is 2. The van der Waals surface area contributed by atoms with E-state index in [9.17, 15) is 4.79 Å². The summed E-state index contributed by atoms with van der Waals surface area (Å²) in [6.45, 7) is 6.53. The normalized spacial score (nSPS) is 22.5. The van der Waals surface area contributed by atoms with Gasteiger partial charge < -0.3 is 19.1 Å². The van der Waals surface area contributed by atoms with Crippen LogP contribution in [0.5, 0.6) is 0 Å². The molecule has 0 unspecified atom stereocenters. The highest BCUT2D eigenvalue weighted by molar-refractivity contribution is 5.95. The summed E-state index contributed by atoms with van der Waals surface area (Å²) in [7, 11) is 0. The number of ether oxygens (including phenoxy) is 1. The zero-order valence-corrected chi connectivity index (χ0v) is 12.3. The number of carbonyl (C=O) groups is 1. The molecule has 0 aromatic carbocycles. The van der Waals surface area contributed by atoms with Gasteiger partial charge in [-0.05, 0) is 26.8 Å². The lowest BCUT2D eigenvalue weighted by molar-refractivity contribution is -0.0810. The second-order valence-electron chi connectivity index (χ2n) is 5.34. The van der Waals surface area contributed by atoms with Gasteiger partial charge >= 0.3 is 0 Å². The van der Waals surface area contributed by atoms with Crippen LogP contribution in [-0.4, -0.2) is 45.1 Å². The van der Waals surface area contributed by atoms with E-state index in [4.69, 9.17) is 9.26 Å². The van der Waals surface area contributed by atoms with Crippen LogP contribution in [0.2, 0.25) is 0 Å². The van der Waals surface area contributed by atoms with E-state index in [0.29, 0.717) is 30.4 Å². The fourth-order valence-electron chi connectivity index (χ4n) is 2.55. The van der Waals surface area contributed by atoms with Crippen LogP contribution in [-0.2, 0) is 4.74 Å². The summed E-state index contributed by atoms with van der Waals surface area (Å²) in [4.78, 5) is 21.6. The van der Waals surface area contributed by atoms with Crippen molar-refractivity contribution in [3.63, 3.8) is 0 Å². The molecule has 1 fully saturated rings. The second-order valence-corrected chi connectivity index (χ2v) is 5.34. The van der Waals surface area contributed by atoms with Crippen LogP contribution < -0.4 is 0 Å². The Morgan fingerprint density at radius 2 is 2.24 bits per heavy atom. The molecule has 0 saturated carbocycles. The Morgan fingerprint density at radius 3 is 2.86 bits per heavy atom. The van der Waals surface area contributed by atoms with Crippen molar-refractivity contribution in [1.82, 2.24) is 20.0 Å². The van der Waals surface area contributed by atoms with Crippen LogP contribution >= 0.6 is 0 Å². The average molecular weight is 290 g/mol. The molecule has 1 amide bonds. The number of hydrogen-bond donors (Lipinski definition) is 1. The van der Waals surface area contributed by atoms with Crippen molar-refractivity contribution in [2.24, 2.45) is 0 Å². The lowest BCUT2D eigenvalue weighted by Crippen LogP contribution is -2.46. The first-order chi connectivity index (χ1) is 10.0. The Morgan fingerprint density at radius 1 is 1.43 bits per heavy atom. The molecule has 21 heavy (non-hydrogen) atoms. The molecule has 1 aliphatic rings. The van der Waals surface area contributed by atoms with Gasteiger partial charge in [-0.15, -0.1) is 0 Å². The molecule has 2 aromatic heterocycles. The minimum atomic E-state index is -0.377. The monoisotopic (exact) mass is 290 g/mol. The lowest BCUT2D eigenvalue weighted by atomic mass is 10.1. The van der Waals surface area contributed by atoms with Crippen LogP contribution in [0.3, 0.4) is 0 Å². The number of nitrogens with one attached hydrogen (secondary N) is 1. The summed E-state index contributed by atoms with van der Waals surface area (Å²) in [6, 6.07) is 1.80. The van der Waals surface area contributed by atoms with Gasteiger partial charge in [-0.1, -0.05) is 5.16 Å². The third-order valence-electron chi connectivity index (χ3n) is 3.55. The van der Waals surface area contributed by atoms with Crippen molar-refractivity contribution in [2.45, 2.75) is 33.0 Å². The van der Waals surface area contributed by atoms with Gasteiger partial charge in [0.1, 0.15) is 0 Å². The third kappa shape index (κ3) is 2.69. The van der Waals surface area contributed by atoms with Gasteiger partial charge in [0.05, 0.1) is 18.2 Å². The standard InChI is InChI=1S/C14H18N4O3/c1-8-6-18(14(19)11-4-5-15-9(11)2)7-12(20-8)13-16-10(3)17-21-13/h4-5,8,12,15H,6-7H2,1-3H3/t8-,12-/m1/s1. The fourth-order valence-corrected chi connectivity index (χ4v) is 2.55. The van der Waals surface area contributed by atoms with E-state index in [0.717, 1.165) is 5.69 Å². The Kier molecular flexibility index (Phi) is 3.50. The van der Waals surface area contributed by atoms with Crippen LogP contribution in [0.4, 0.5) is 0 Å². The topological polar surface area (TPSA) is 84.2 Å². The van der Waals surface area contributed by atoms with Crippen LogP contribution in [0, 0.1) is 13.8 Å². The summed E-state index contributed by atoms with van der Waals surface area (Å²) in [6.07, 6.45) is 1.31. The van der Waals surface area contributed by atoms with E-state index in [1.807, 2.05) is 13.8 Å². The molecule has 0 aliphatic carbocycles. The van der Waals surface area contributed by atoms with Gasteiger partial charge in [0.25, 0.3) is 11.8 Å². The number of nitrogens with zero attached hydrogens (tertiary/aromatic N) is 3. The molecule has 7 nitrogen and oxygen atoms in total. The molecule has 0 radical (unpaired) electrons. The number of morpholine rings is 1. The van der Waals surface area contributed by atoms with E-state index in [-0.39, 0.29) is 18.1 Å². The first-order valence-electron chi connectivity index (χ1n) is 6.93. The Balaban J connectivity index is 1.80. The Hall–Kier alpha value is -2.15. The van der Waals surface area contributed by atoms with Gasteiger partial charge in [0, 0.05) is 18.4 Å². The predicted octanol–water partition coefficient (Wildman–Crippen LogP) is 1.62. The zero-order chi connectivity index (χ0) is 15.0. The number of aromatic nitrogens is 3. The van der Waals surface area contributed by atoms with E-state index in [1.54, 1.807) is 24.1 Å². The summed E-state index contributed by atoms with van der Waals surface area (Å²) >= 11 is 0. The predicted molar refractivity (Wildman–Crippen MR) is 73.8 cm³/mol. The Bertz CT molecular complexity index is 648. The molecule has 1 N–H and O–H groups in total. The summed E-state index contributed by atoms with van der Waals surface area (Å²) in [5.74, 6) is 0.971. The van der Waals surface area contributed by atoms with Crippen molar-refractivity contribution in [3.8, 4) is 0 Å². The highest BCUT2D eigenvalue weighted by Gasteiger charge is 2.33. The highest BCUT2D eigenvalue weighted by Crippen LogP contribution is 2.25. The quantitative estimate of drug-likeness (QED) is 0.908. The Labute approximate surface area is 122 Å². The highest BCUT2D eigenvalue weighted by atomic mass is 16.5. The van der Waals surface area contributed by atoms with E-state index in [2.05, 4.69) is 15.1 Å². The van der Waals surface area contributed by atoms with Gasteiger partial charge in [-0.2, -0.15) is 4.98 Å². The van der Waals surface area contributed by atoms with E-state index >= 15 is 0 Å². The molecule has 3 rings (SSSR count). The minimum Gasteiger partial charge on any atom is -0.365 e. The molecule has 3 heterocycles. The smallest absolute Gasteiger partial charge is 0.257 e. The molecule has 0 bridgehead atoms. The van der Waals surface area contributed by atoms with E-state index in [1.165, 1.54) is 0 Å². The molecule has 112 valence electrons. The summed E-state index contributed by atoms with van der Waals surface area (Å²) in [5, 5.41) is 3.78.